The number of aromatic hydroxyl groups is 3. The van der Waals surface area contributed by atoms with Crippen molar-refractivity contribution < 1.29 is 74.1 Å². The van der Waals surface area contributed by atoms with Crippen LogP contribution in [0.1, 0.15) is 21.5 Å². The van der Waals surface area contributed by atoms with Gasteiger partial charge in [-0.2, -0.15) is 0 Å². The standard InChI is InChI=1S/C35H36O15/c36-16-27-29(42)30(43)31(50-34-32(44)35(45,18-47-34)17-46-28(41)14-6-19-1-7-21(37)8-2-19)33(49-27)48-23-10-3-20(4-11-23)5-13-25(39)24-12-9-22(38)15-26(24)40/h1-15,27,29-34,36-38,40,42-45H,16-18H2. The van der Waals surface area contributed by atoms with Crippen molar-refractivity contribution in [1.29, 1.82) is 0 Å². The highest BCUT2D eigenvalue weighted by atomic mass is 16.8. The molecule has 8 N–H and O–H groups in total. The fourth-order valence-electron chi connectivity index (χ4n) is 5.12. The zero-order valence-electron chi connectivity index (χ0n) is 26.3. The van der Waals surface area contributed by atoms with Crippen LogP contribution in [0.3, 0.4) is 0 Å². The van der Waals surface area contributed by atoms with Crippen LogP contribution in [0.5, 0.6) is 23.0 Å². The van der Waals surface area contributed by atoms with Gasteiger partial charge in [-0.1, -0.05) is 30.3 Å². The molecule has 0 saturated carbocycles. The molecule has 5 rings (SSSR count). The third kappa shape index (κ3) is 8.65. The van der Waals surface area contributed by atoms with Crippen LogP contribution in [0.2, 0.25) is 0 Å². The molecule has 3 aromatic carbocycles. The van der Waals surface area contributed by atoms with E-state index in [1.165, 1.54) is 54.6 Å². The zero-order valence-corrected chi connectivity index (χ0v) is 26.3. The topological polar surface area (TPSA) is 242 Å². The Labute approximate surface area is 285 Å². The molecule has 0 bridgehead atoms. The molecule has 2 saturated heterocycles. The van der Waals surface area contributed by atoms with Gasteiger partial charge in [0.1, 0.15) is 54.0 Å². The van der Waals surface area contributed by atoms with Crippen LogP contribution in [0.4, 0.5) is 0 Å². The summed E-state index contributed by atoms with van der Waals surface area (Å²) in [6, 6.07) is 15.8. The van der Waals surface area contributed by atoms with Crippen LogP contribution in [0, 0.1) is 0 Å². The fraction of sp³-hybridized carbons (Fsp3) is 0.314. The van der Waals surface area contributed by atoms with Crippen LogP contribution >= 0.6 is 0 Å². The second-order valence-corrected chi connectivity index (χ2v) is 11.7. The highest BCUT2D eigenvalue weighted by molar-refractivity contribution is 6.08. The Kier molecular flexibility index (Phi) is 11.5. The number of esters is 1. The van der Waals surface area contributed by atoms with E-state index in [0.717, 1.165) is 12.1 Å². The van der Waals surface area contributed by atoms with Gasteiger partial charge in [0.15, 0.2) is 23.8 Å². The Hall–Kier alpha value is -4.84. The van der Waals surface area contributed by atoms with E-state index < -0.39 is 80.3 Å². The molecule has 0 spiro atoms. The number of ether oxygens (including phenoxy) is 5. The smallest absolute Gasteiger partial charge is 0.330 e. The number of carbonyl (C=O) groups excluding carboxylic acids is 2. The van der Waals surface area contributed by atoms with Gasteiger partial charge >= 0.3 is 5.97 Å². The van der Waals surface area contributed by atoms with E-state index in [1.54, 1.807) is 24.3 Å². The van der Waals surface area contributed by atoms with Crippen LogP contribution in [-0.4, -0.2) is 121 Å². The summed E-state index contributed by atoms with van der Waals surface area (Å²) in [5, 5.41) is 81.7. The van der Waals surface area contributed by atoms with Gasteiger partial charge in [-0.3, -0.25) is 4.79 Å². The number of aliphatic hydroxyl groups is 5. The van der Waals surface area contributed by atoms with E-state index in [4.69, 9.17) is 23.7 Å². The van der Waals surface area contributed by atoms with E-state index in [-0.39, 0.29) is 28.6 Å². The number of ketones is 1. The molecule has 0 aromatic heterocycles. The minimum Gasteiger partial charge on any atom is -0.508 e. The molecule has 50 heavy (non-hydrogen) atoms. The number of rotatable bonds is 12. The lowest BCUT2D eigenvalue weighted by molar-refractivity contribution is -0.318. The SMILES string of the molecule is O=C(C=Cc1ccc(O)cc1)OCC1(O)COC(OC2C(Oc3ccc(C=CC(=O)c4ccc(O)cc4O)cc3)OC(CO)C(O)C2O)C1O. The number of phenolic OH excluding ortho intramolecular Hbond substituents is 3. The van der Waals surface area contributed by atoms with Gasteiger partial charge < -0.3 is 64.5 Å². The molecular weight excluding hydrogens is 660 g/mol. The lowest BCUT2D eigenvalue weighted by atomic mass is 9.98. The average molecular weight is 697 g/mol. The quantitative estimate of drug-likeness (QED) is 0.0735. The number of carbonyl (C=O) groups is 2. The van der Waals surface area contributed by atoms with Gasteiger partial charge in [-0.25, -0.2) is 4.79 Å². The predicted molar refractivity (Wildman–Crippen MR) is 172 cm³/mol. The molecule has 2 aliphatic rings. The van der Waals surface area contributed by atoms with Gasteiger partial charge in [0.25, 0.3) is 0 Å². The summed E-state index contributed by atoms with van der Waals surface area (Å²) >= 11 is 0. The van der Waals surface area contributed by atoms with Crippen molar-refractivity contribution in [3.8, 4) is 23.0 Å². The number of phenols is 3. The molecule has 3 aromatic rings. The summed E-state index contributed by atoms with van der Waals surface area (Å²) in [6.45, 7) is -1.91. The second-order valence-electron chi connectivity index (χ2n) is 11.7. The number of hydrogen-bond acceptors (Lipinski definition) is 15. The van der Waals surface area contributed by atoms with Crippen LogP contribution in [0.25, 0.3) is 12.2 Å². The molecular formula is C35H36O15. The molecule has 2 fully saturated rings. The van der Waals surface area contributed by atoms with Crippen molar-refractivity contribution in [2.75, 3.05) is 19.8 Å². The summed E-state index contributed by atoms with van der Waals surface area (Å²) in [4.78, 5) is 24.7. The maximum Gasteiger partial charge on any atom is 0.330 e. The normalized spacial score (nSPS) is 28.2. The number of hydrogen-bond donors (Lipinski definition) is 8. The first-order valence-corrected chi connectivity index (χ1v) is 15.3. The summed E-state index contributed by atoms with van der Waals surface area (Å²) in [5.41, 5.74) is -0.960. The Bertz CT molecular complexity index is 1690. The van der Waals surface area contributed by atoms with E-state index in [1.807, 2.05) is 0 Å². The van der Waals surface area contributed by atoms with Gasteiger partial charge in [-0.15, -0.1) is 0 Å². The molecule has 0 aliphatic carbocycles. The Balaban J connectivity index is 1.21. The van der Waals surface area contributed by atoms with Gasteiger partial charge in [-0.05, 0) is 59.7 Å². The Morgan fingerprint density at radius 3 is 2.14 bits per heavy atom. The Morgan fingerprint density at radius 1 is 0.840 bits per heavy atom. The predicted octanol–water partition coefficient (Wildman–Crippen LogP) is 0.607. The minimum atomic E-state index is -2.11. The fourth-order valence-corrected chi connectivity index (χ4v) is 5.12. The van der Waals surface area contributed by atoms with Crippen LogP contribution in [0.15, 0.2) is 78.9 Å². The van der Waals surface area contributed by atoms with Gasteiger partial charge in [0.05, 0.1) is 18.8 Å². The monoisotopic (exact) mass is 696 g/mol. The summed E-state index contributed by atoms with van der Waals surface area (Å²) in [6.07, 6.45) is -5.81. The summed E-state index contributed by atoms with van der Waals surface area (Å²) in [7, 11) is 0. The zero-order chi connectivity index (χ0) is 36.0. The lowest BCUT2D eigenvalue weighted by Gasteiger charge is -2.42. The van der Waals surface area contributed by atoms with Crippen molar-refractivity contribution in [1.82, 2.24) is 0 Å². The van der Waals surface area contributed by atoms with Gasteiger partial charge in [0, 0.05) is 12.1 Å². The molecule has 2 aliphatic heterocycles. The second kappa shape index (κ2) is 15.8. The van der Waals surface area contributed by atoms with Crippen molar-refractivity contribution in [3.05, 3.63) is 95.6 Å². The molecule has 15 heteroatoms. The molecule has 15 nitrogen and oxygen atoms in total. The van der Waals surface area contributed by atoms with E-state index >= 15 is 0 Å². The number of allylic oxidation sites excluding steroid dienone is 1. The molecule has 0 amide bonds. The third-order valence-electron chi connectivity index (χ3n) is 8.00. The highest BCUT2D eigenvalue weighted by Crippen LogP contribution is 2.33. The number of benzene rings is 3. The van der Waals surface area contributed by atoms with E-state index in [9.17, 15) is 50.4 Å². The molecule has 8 atom stereocenters. The van der Waals surface area contributed by atoms with E-state index in [2.05, 4.69) is 0 Å². The molecule has 8 unspecified atom stereocenters. The van der Waals surface area contributed by atoms with Crippen molar-refractivity contribution in [2.45, 2.75) is 48.7 Å². The minimum absolute atomic E-state index is 0.00591. The van der Waals surface area contributed by atoms with Crippen molar-refractivity contribution >= 4 is 23.9 Å². The van der Waals surface area contributed by atoms with Crippen LogP contribution < -0.4 is 4.74 Å². The lowest BCUT2D eigenvalue weighted by Crippen LogP contribution is -2.62. The first-order chi connectivity index (χ1) is 23.9. The molecule has 2 heterocycles. The number of aliphatic hydroxyl groups excluding tert-OH is 4. The largest absolute Gasteiger partial charge is 0.508 e. The summed E-state index contributed by atoms with van der Waals surface area (Å²) in [5.74, 6) is -1.68. The molecule has 0 radical (unpaired) electrons. The van der Waals surface area contributed by atoms with Crippen LogP contribution in [-0.2, 0) is 23.7 Å². The molecule has 266 valence electrons. The first-order valence-electron chi connectivity index (χ1n) is 15.3. The Morgan fingerprint density at radius 2 is 1.48 bits per heavy atom. The highest BCUT2D eigenvalue weighted by Gasteiger charge is 2.54. The third-order valence-corrected chi connectivity index (χ3v) is 8.00. The average Bonchev–Trinajstić information content (AvgIpc) is 3.38. The van der Waals surface area contributed by atoms with E-state index in [0.29, 0.717) is 11.1 Å². The maximum absolute atomic E-state index is 12.5. The summed E-state index contributed by atoms with van der Waals surface area (Å²) < 4.78 is 27.8. The van der Waals surface area contributed by atoms with Crippen molar-refractivity contribution in [3.63, 3.8) is 0 Å². The van der Waals surface area contributed by atoms with Crippen molar-refractivity contribution in [2.24, 2.45) is 0 Å². The maximum atomic E-state index is 12.5. The first kappa shape index (κ1) is 36.4. The van der Waals surface area contributed by atoms with Gasteiger partial charge in [0.2, 0.25) is 6.29 Å².